The van der Waals surface area contributed by atoms with Gasteiger partial charge in [0.1, 0.15) is 11.5 Å². The van der Waals surface area contributed by atoms with Crippen molar-refractivity contribution in [2.24, 2.45) is 10.9 Å². The summed E-state index contributed by atoms with van der Waals surface area (Å²) in [6.45, 7) is 1.35. The molecule has 7 nitrogen and oxygen atoms in total. The number of carbonyl (C=O) groups excluding carboxylic acids is 1. The Hall–Kier alpha value is -2.93. The fourth-order valence-corrected chi connectivity index (χ4v) is 2.23. The van der Waals surface area contributed by atoms with Crippen molar-refractivity contribution in [1.82, 2.24) is 0 Å². The average molecular weight is 380 g/mol. The average Bonchev–Trinajstić information content (AvgIpc) is 2.62. The number of nitrogens with two attached hydrogens (primary N) is 1. The highest BCUT2D eigenvalue weighted by atomic mass is 35.5. The fourth-order valence-electron chi connectivity index (χ4n) is 2.23. The van der Waals surface area contributed by atoms with E-state index in [1.165, 1.54) is 6.92 Å². The number of hydrogen-bond acceptors (Lipinski definition) is 7. The fraction of sp³-hybridized carbons (Fsp3) is 0.222. The molecule has 0 saturated heterocycles. The summed E-state index contributed by atoms with van der Waals surface area (Å²) in [6.07, 6.45) is 0.843. The molecule has 3 N–H and O–H groups in total. The van der Waals surface area contributed by atoms with Crippen LogP contribution in [0, 0.1) is 0 Å². The van der Waals surface area contributed by atoms with Crippen molar-refractivity contribution in [2.45, 2.75) is 13.2 Å². The van der Waals surface area contributed by atoms with E-state index < -0.39 is 12.2 Å². The second kappa shape index (κ2) is 10.1. The molecule has 0 aromatic heterocycles. The Labute approximate surface area is 158 Å². The van der Waals surface area contributed by atoms with Crippen LogP contribution in [0.4, 0.5) is 5.69 Å². The third-order valence-electron chi connectivity index (χ3n) is 3.39. The summed E-state index contributed by atoms with van der Waals surface area (Å²) in [5, 5.41) is 6.65. The van der Waals surface area contributed by atoms with E-state index in [1.807, 2.05) is 24.3 Å². The molecule has 2 aromatic rings. The van der Waals surface area contributed by atoms with Crippen LogP contribution >= 0.6 is 12.4 Å². The van der Waals surface area contributed by atoms with Gasteiger partial charge in [0.25, 0.3) is 0 Å². The molecule has 1 unspecified atom stereocenters. The van der Waals surface area contributed by atoms with Gasteiger partial charge in [-0.2, -0.15) is 5.10 Å². The first-order valence-corrected chi connectivity index (χ1v) is 7.55. The van der Waals surface area contributed by atoms with Gasteiger partial charge in [0.15, 0.2) is 6.23 Å². The van der Waals surface area contributed by atoms with Gasteiger partial charge in [0, 0.05) is 24.2 Å². The number of hydrogen-bond donors (Lipinski definition) is 2. The van der Waals surface area contributed by atoms with E-state index in [1.54, 1.807) is 38.6 Å². The molecule has 0 amide bonds. The van der Waals surface area contributed by atoms with E-state index in [-0.39, 0.29) is 12.4 Å². The molecule has 0 fully saturated rings. The van der Waals surface area contributed by atoms with Crippen molar-refractivity contribution in [3.05, 3.63) is 53.6 Å². The van der Waals surface area contributed by atoms with Crippen LogP contribution in [0.5, 0.6) is 11.5 Å². The molecule has 0 aliphatic carbocycles. The third kappa shape index (κ3) is 5.86. The van der Waals surface area contributed by atoms with Crippen LogP contribution in [-0.4, -0.2) is 26.4 Å². The second-order valence-electron chi connectivity index (χ2n) is 5.18. The predicted molar refractivity (Wildman–Crippen MR) is 103 cm³/mol. The van der Waals surface area contributed by atoms with Crippen molar-refractivity contribution in [1.29, 1.82) is 0 Å². The number of nitrogens with zero attached hydrogens (tertiary/aromatic N) is 1. The molecule has 2 rings (SSSR count). The predicted octanol–water partition coefficient (Wildman–Crippen LogP) is 3.09. The maximum atomic E-state index is 11.5. The number of nitrogens with one attached hydrogen (secondary N) is 1. The molecule has 0 saturated carbocycles. The maximum Gasteiger partial charge on any atom is 0.304 e. The molecule has 140 valence electrons. The lowest BCUT2D eigenvalue weighted by Crippen LogP contribution is -2.17. The third-order valence-corrected chi connectivity index (χ3v) is 3.39. The van der Waals surface area contributed by atoms with E-state index in [0.717, 1.165) is 11.3 Å². The number of esters is 1. The Morgan fingerprint density at radius 2 is 1.69 bits per heavy atom. The van der Waals surface area contributed by atoms with Gasteiger partial charge in [-0.05, 0) is 29.8 Å². The standard InChI is InChI=1S/C18H21N3O4.ClH/c1-12(22)25-18(14-8-16(23-2)10-17(9-14)24-3)21-15-6-4-13(5-7-15)11-20-19;/h4-11,18,21H,19H2,1-3H3;1H. The Morgan fingerprint density at radius 3 is 2.15 bits per heavy atom. The highest BCUT2D eigenvalue weighted by Gasteiger charge is 2.17. The summed E-state index contributed by atoms with van der Waals surface area (Å²) in [7, 11) is 3.12. The van der Waals surface area contributed by atoms with E-state index in [2.05, 4.69) is 10.4 Å². The van der Waals surface area contributed by atoms with Crippen LogP contribution in [0.15, 0.2) is 47.6 Å². The number of hydrazone groups is 1. The van der Waals surface area contributed by atoms with Crippen LogP contribution in [0.3, 0.4) is 0 Å². The molecule has 2 aromatic carbocycles. The summed E-state index contributed by atoms with van der Waals surface area (Å²) in [5.74, 6) is 5.93. The lowest BCUT2D eigenvalue weighted by atomic mass is 10.1. The van der Waals surface area contributed by atoms with Gasteiger partial charge in [0.2, 0.25) is 0 Å². The number of methoxy groups -OCH3 is 2. The normalized spacial score (nSPS) is 11.3. The number of halogens is 1. The Bertz CT molecular complexity index is 728. The number of rotatable bonds is 7. The lowest BCUT2D eigenvalue weighted by Gasteiger charge is -2.21. The van der Waals surface area contributed by atoms with Crippen molar-refractivity contribution in [2.75, 3.05) is 19.5 Å². The second-order valence-corrected chi connectivity index (χ2v) is 5.18. The largest absolute Gasteiger partial charge is 0.497 e. The minimum absolute atomic E-state index is 0. The quantitative estimate of drug-likeness (QED) is 0.252. The molecular formula is C18H22ClN3O4. The van der Waals surface area contributed by atoms with Crippen molar-refractivity contribution < 1.29 is 19.0 Å². The highest BCUT2D eigenvalue weighted by molar-refractivity contribution is 5.85. The molecule has 26 heavy (non-hydrogen) atoms. The zero-order chi connectivity index (χ0) is 18.2. The summed E-state index contributed by atoms with van der Waals surface area (Å²) < 4.78 is 16.0. The molecule has 0 bridgehead atoms. The van der Waals surface area contributed by atoms with Crippen LogP contribution in [-0.2, 0) is 9.53 Å². The van der Waals surface area contributed by atoms with Gasteiger partial charge in [-0.3, -0.25) is 4.79 Å². The molecule has 0 spiro atoms. The SMILES string of the molecule is COc1cc(OC)cc(C(Nc2ccc(C=NN)cc2)OC(C)=O)c1.Cl. The van der Waals surface area contributed by atoms with Gasteiger partial charge in [-0.15, -0.1) is 12.4 Å². The molecule has 0 heterocycles. The van der Waals surface area contributed by atoms with Gasteiger partial charge < -0.3 is 25.4 Å². The minimum atomic E-state index is -0.699. The number of anilines is 1. The van der Waals surface area contributed by atoms with Gasteiger partial charge in [-0.25, -0.2) is 0 Å². The first-order valence-electron chi connectivity index (χ1n) is 7.55. The first-order chi connectivity index (χ1) is 12.0. The zero-order valence-electron chi connectivity index (χ0n) is 14.8. The van der Waals surface area contributed by atoms with Crippen LogP contribution in [0.1, 0.15) is 24.3 Å². The highest BCUT2D eigenvalue weighted by Crippen LogP contribution is 2.29. The number of carbonyl (C=O) groups is 1. The molecule has 0 aliphatic rings. The van der Waals surface area contributed by atoms with E-state index in [0.29, 0.717) is 17.1 Å². The topological polar surface area (TPSA) is 95.2 Å². The van der Waals surface area contributed by atoms with Crippen LogP contribution in [0.25, 0.3) is 0 Å². The smallest absolute Gasteiger partial charge is 0.304 e. The van der Waals surface area contributed by atoms with E-state index in [9.17, 15) is 4.79 Å². The van der Waals surface area contributed by atoms with E-state index >= 15 is 0 Å². The maximum absolute atomic E-state index is 11.5. The Kier molecular flexibility index (Phi) is 8.24. The Morgan fingerprint density at radius 1 is 1.12 bits per heavy atom. The van der Waals surface area contributed by atoms with Crippen LogP contribution in [0.2, 0.25) is 0 Å². The summed E-state index contributed by atoms with van der Waals surface area (Å²) in [6, 6.07) is 12.7. The minimum Gasteiger partial charge on any atom is -0.497 e. The molecule has 1 atom stereocenters. The Balaban J connectivity index is 0.00000338. The summed E-state index contributed by atoms with van der Waals surface area (Å²) in [5.41, 5.74) is 2.32. The summed E-state index contributed by atoms with van der Waals surface area (Å²) in [4.78, 5) is 11.5. The van der Waals surface area contributed by atoms with Crippen molar-refractivity contribution in [3.8, 4) is 11.5 Å². The number of ether oxygens (including phenoxy) is 3. The first kappa shape index (κ1) is 21.1. The molecule has 0 radical (unpaired) electrons. The molecule has 0 aliphatic heterocycles. The van der Waals surface area contributed by atoms with Crippen molar-refractivity contribution in [3.63, 3.8) is 0 Å². The summed E-state index contributed by atoms with van der Waals surface area (Å²) >= 11 is 0. The molecule has 8 heteroatoms. The zero-order valence-corrected chi connectivity index (χ0v) is 15.6. The molecular weight excluding hydrogens is 358 g/mol. The van der Waals surface area contributed by atoms with Crippen molar-refractivity contribution >= 4 is 30.3 Å². The van der Waals surface area contributed by atoms with Gasteiger partial charge >= 0.3 is 5.97 Å². The lowest BCUT2D eigenvalue weighted by molar-refractivity contribution is -0.145. The van der Waals surface area contributed by atoms with Gasteiger partial charge in [0.05, 0.1) is 20.4 Å². The van der Waals surface area contributed by atoms with Crippen LogP contribution < -0.4 is 20.6 Å². The monoisotopic (exact) mass is 379 g/mol. The number of benzene rings is 2. The van der Waals surface area contributed by atoms with E-state index in [4.69, 9.17) is 20.1 Å². The van der Waals surface area contributed by atoms with Gasteiger partial charge in [-0.1, -0.05) is 12.1 Å².